The normalized spacial score (nSPS) is 13.5. The van der Waals surface area contributed by atoms with Gasteiger partial charge in [0.1, 0.15) is 13.2 Å². The fraction of sp³-hybridized carbons (Fsp3) is 0.462. The molecule has 1 aliphatic rings. The van der Waals surface area contributed by atoms with Gasteiger partial charge in [0.25, 0.3) is 0 Å². The van der Waals surface area contributed by atoms with Gasteiger partial charge in [0.05, 0.1) is 0 Å². The van der Waals surface area contributed by atoms with E-state index in [2.05, 4.69) is 0 Å². The van der Waals surface area contributed by atoms with Gasteiger partial charge in [-0.1, -0.05) is 0 Å². The maximum absolute atomic E-state index is 11.9. The standard InChI is InChI=1S/C13H16O4/c1-9-7-12-13(17-6-5-16-12)8-10(9)11(15)3-2-4-14/h7-8,14H,2-6H2,1H3. The minimum Gasteiger partial charge on any atom is -0.486 e. The number of aliphatic hydroxyl groups is 1. The van der Waals surface area contributed by atoms with Crippen molar-refractivity contribution >= 4 is 5.78 Å². The number of fused-ring (bicyclic) bond motifs is 1. The molecular formula is C13H16O4. The fourth-order valence-corrected chi connectivity index (χ4v) is 1.87. The van der Waals surface area contributed by atoms with Crippen LogP contribution < -0.4 is 9.47 Å². The van der Waals surface area contributed by atoms with Crippen molar-refractivity contribution in [1.82, 2.24) is 0 Å². The van der Waals surface area contributed by atoms with Crippen molar-refractivity contribution in [1.29, 1.82) is 0 Å². The molecule has 17 heavy (non-hydrogen) atoms. The summed E-state index contributed by atoms with van der Waals surface area (Å²) in [5, 5.41) is 8.73. The van der Waals surface area contributed by atoms with Crippen molar-refractivity contribution in [3.8, 4) is 11.5 Å². The second kappa shape index (κ2) is 5.19. The largest absolute Gasteiger partial charge is 0.486 e. The number of carbonyl (C=O) groups is 1. The van der Waals surface area contributed by atoms with E-state index in [1.807, 2.05) is 13.0 Å². The van der Waals surface area contributed by atoms with E-state index in [0.29, 0.717) is 43.1 Å². The monoisotopic (exact) mass is 236 g/mol. The Morgan fingerprint density at radius 1 is 1.29 bits per heavy atom. The van der Waals surface area contributed by atoms with Crippen LogP contribution in [0.4, 0.5) is 0 Å². The number of ketones is 1. The Balaban J connectivity index is 2.25. The molecule has 0 bridgehead atoms. The molecule has 0 aliphatic carbocycles. The van der Waals surface area contributed by atoms with Gasteiger partial charge in [-0.3, -0.25) is 4.79 Å². The third kappa shape index (κ3) is 2.58. The molecule has 0 atom stereocenters. The number of Topliss-reactive ketones (excluding diaryl/α,β-unsaturated/α-hetero) is 1. The van der Waals surface area contributed by atoms with E-state index in [4.69, 9.17) is 14.6 Å². The van der Waals surface area contributed by atoms with Crippen LogP contribution in [0.1, 0.15) is 28.8 Å². The highest BCUT2D eigenvalue weighted by Gasteiger charge is 2.17. The zero-order valence-corrected chi connectivity index (χ0v) is 9.86. The van der Waals surface area contributed by atoms with Crippen LogP contribution in [0.15, 0.2) is 12.1 Å². The molecular weight excluding hydrogens is 220 g/mol. The van der Waals surface area contributed by atoms with E-state index in [0.717, 1.165) is 5.56 Å². The van der Waals surface area contributed by atoms with Gasteiger partial charge in [-0.25, -0.2) is 0 Å². The molecule has 0 radical (unpaired) electrons. The van der Waals surface area contributed by atoms with Crippen molar-refractivity contribution in [3.05, 3.63) is 23.3 Å². The summed E-state index contributed by atoms with van der Waals surface area (Å²) in [6.07, 6.45) is 0.851. The molecule has 1 aromatic rings. The lowest BCUT2D eigenvalue weighted by Gasteiger charge is -2.20. The number of carbonyl (C=O) groups excluding carboxylic acids is 1. The Bertz CT molecular complexity index is 426. The average Bonchev–Trinajstić information content (AvgIpc) is 2.35. The molecule has 1 N–H and O–H groups in total. The summed E-state index contributed by atoms with van der Waals surface area (Å²) in [5.41, 5.74) is 1.54. The number of aliphatic hydroxyl groups excluding tert-OH is 1. The molecule has 0 amide bonds. The third-order valence-electron chi connectivity index (χ3n) is 2.75. The minimum absolute atomic E-state index is 0.0357. The Labute approximate surface area is 100 Å². The summed E-state index contributed by atoms with van der Waals surface area (Å²) in [6, 6.07) is 3.57. The first-order valence-corrected chi connectivity index (χ1v) is 5.76. The minimum atomic E-state index is 0.0357. The maximum atomic E-state index is 11.9. The van der Waals surface area contributed by atoms with E-state index in [-0.39, 0.29) is 12.4 Å². The van der Waals surface area contributed by atoms with E-state index < -0.39 is 0 Å². The van der Waals surface area contributed by atoms with Crippen molar-refractivity contribution in [2.45, 2.75) is 19.8 Å². The van der Waals surface area contributed by atoms with Crippen LogP contribution in [0.5, 0.6) is 11.5 Å². The molecule has 4 heteroatoms. The number of ether oxygens (including phenoxy) is 2. The molecule has 1 aliphatic heterocycles. The van der Waals surface area contributed by atoms with Gasteiger partial charge in [0.15, 0.2) is 17.3 Å². The van der Waals surface area contributed by atoms with Crippen LogP contribution in [-0.4, -0.2) is 30.7 Å². The summed E-state index contributed by atoms with van der Waals surface area (Å²) in [5.74, 6) is 1.37. The van der Waals surface area contributed by atoms with E-state index in [1.165, 1.54) is 0 Å². The highest BCUT2D eigenvalue weighted by Crippen LogP contribution is 2.33. The molecule has 0 saturated heterocycles. The lowest BCUT2D eigenvalue weighted by molar-refractivity contribution is 0.0969. The van der Waals surface area contributed by atoms with Gasteiger partial charge < -0.3 is 14.6 Å². The first-order valence-electron chi connectivity index (χ1n) is 5.76. The van der Waals surface area contributed by atoms with Crippen LogP contribution in [0.25, 0.3) is 0 Å². The van der Waals surface area contributed by atoms with Gasteiger partial charge in [0.2, 0.25) is 0 Å². The highest BCUT2D eigenvalue weighted by molar-refractivity contribution is 5.98. The average molecular weight is 236 g/mol. The van der Waals surface area contributed by atoms with E-state index in [1.54, 1.807) is 6.07 Å². The summed E-state index contributed by atoms with van der Waals surface area (Å²) < 4.78 is 10.9. The first kappa shape index (κ1) is 11.9. The summed E-state index contributed by atoms with van der Waals surface area (Å²) in [6.45, 7) is 2.98. The molecule has 1 aromatic carbocycles. The molecule has 0 aromatic heterocycles. The zero-order valence-electron chi connectivity index (χ0n) is 9.86. The zero-order chi connectivity index (χ0) is 12.3. The molecule has 0 unspecified atom stereocenters. The Morgan fingerprint density at radius 2 is 1.94 bits per heavy atom. The van der Waals surface area contributed by atoms with E-state index in [9.17, 15) is 4.79 Å². The molecule has 4 nitrogen and oxygen atoms in total. The highest BCUT2D eigenvalue weighted by atomic mass is 16.6. The van der Waals surface area contributed by atoms with Crippen LogP contribution in [0, 0.1) is 6.92 Å². The number of hydrogen-bond donors (Lipinski definition) is 1. The summed E-state index contributed by atoms with van der Waals surface area (Å²) >= 11 is 0. The lowest BCUT2D eigenvalue weighted by Crippen LogP contribution is -2.16. The van der Waals surface area contributed by atoms with Crippen molar-refractivity contribution in [2.24, 2.45) is 0 Å². The third-order valence-corrected chi connectivity index (χ3v) is 2.75. The van der Waals surface area contributed by atoms with Crippen molar-refractivity contribution in [3.63, 3.8) is 0 Å². The van der Waals surface area contributed by atoms with Crippen LogP contribution in [0.3, 0.4) is 0 Å². The second-order valence-electron chi connectivity index (χ2n) is 4.06. The molecule has 92 valence electrons. The van der Waals surface area contributed by atoms with Crippen molar-refractivity contribution < 1.29 is 19.4 Å². The summed E-state index contributed by atoms with van der Waals surface area (Å²) in [7, 11) is 0. The molecule has 1 heterocycles. The Morgan fingerprint density at radius 3 is 2.59 bits per heavy atom. The molecule has 0 spiro atoms. The lowest BCUT2D eigenvalue weighted by atomic mass is 10.0. The Hall–Kier alpha value is -1.55. The number of hydrogen-bond acceptors (Lipinski definition) is 4. The fourth-order valence-electron chi connectivity index (χ4n) is 1.87. The number of benzene rings is 1. The number of aryl methyl sites for hydroxylation is 1. The van der Waals surface area contributed by atoms with Gasteiger partial charge in [0, 0.05) is 18.6 Å². The topological polar surface area (TPSA) is 55.8 Å². The number of rotatable bonds is 4. The van der Waals surface area contributed by atoms with Gasteiger partial charge in [-0.2, -0.15) is 0 Å². The van der Waals surface area contributed by atoms with Crippen molar-refractivity contribution in [2.75, 3.05) is 19.8 Å². The predicted octanol–water partition coefficient (Wildman–Crippen LogP) is 1.72. The predicted molar refractivity (Wildman–Crippen MR) is 62.8 cm³/mol. The maximum Gasteiger partial charge on any atom is 0.163 e. The summed E-state index contributed by atoms with van der Waals surface area (Å²) in [4.78, 5) is 11.9. The van der Waals surface area contributed by atoms with Gasteiger partial charge in [-0.05, 0) is 31.0 Å². The smallest absolute Gasteiger partial charge is 0.163 e. The van der Waals surface area contributed by atoms with Gasteiger partial charge >= 0.3 is 0 Å². The first-order chi connectivity index (χ1) is 8.22. The van der Waals surface area contributed by atoms with Crippen LogP contribution in [0.2, 0.25) is 0 Å². The molecule has 0 saturated carbocycles. The quantitative estimate of drug-likeness (QED) is 0.809. The van der Waals surface area contributed by atoms with Crippen LogP contribution in [-0.2, 0) is 0 Å². The second-order valence-corrected chi connectivity index (χ2v) is 4.06. The SMILES string of the molecule is Cc1cc2c(cc1C(=O)CCCO)OCCO2. The van der Waals surface area contributed by atoms with Crippen LogP contribution >= 0.6 is 0 Å². The Kier molecular flexibility index (Phi) is 3.64. The van der Waals surface area contributed by atoms with E-state index >= 15 is 0 Å². The molecule has 2 rings (SSSR count). The molecule has 0 fully saturated rings. The van der Waals surface area contributed by atoms with Gasteiger partial charge in [-0.15, -0.1) is 0 Å².